The van der Waals surface area contributed by atoms with Crippen LogP contribution in [0.1, 0.15) is 38.3 Å². The second-order valence-corrected chi connectivity index (χ2v) is 7.92. The van der Waals surface area contributed by atoms with Gasteiger partial charge < -0.3 is 14.2 Å². The fraction of sp³-hybridized carbons (Fsp3) is 0.550. The van der Waals surface area contributed by atoms with Crippen molar-refractivity contribution in [3.05, 3.63) is 29.5 Å². The Balaban J connectivity index is 1.48. The number of carbonyl (C=O) groups is 2. The van der Waals surface area contributed by atoms with Crippen LogP contribution in [0.25, 0.3) is 10.8 Å². The Hall–Kier alpha value is -2.15. The summed E-state index contributed by atoms with van der Waals surface area (Å²) in [6.45, 7) is 4.23. The predicted octanol–water partition coefficient (Wildman–Crippen LogP) is 3.44. The SMILES string of the molecule is CCCCN(C)C(=O)C1CCN(C(=O)Cc2csc(-c3ccco3)n2)CC1. The highest BCUT2D eigenvalue weighted by Crippen LogP contribution is 2.25. The van der Waals surface area contributed by atoms with Gasteiger partial charge in [0.2, 0.25) is 11.8 Å². The van der Waals surface area contributed by atoms with Crippen molar-refractivity contribution in [2.75, 3.05) is 26.7 Å². The van der Waals surface area contributed by atoms with Gasteiger partial charge in [-0.3, -0.25) is 9.59 Å². The lowest BCUT2D eigenvalue weighted by Crippen LogP contribution is -2.44. The van der Waals surface area contributed by atoms with E-state index < -0.39 is 0 Å². The fourth-order valence-corrected chi connectivity index (χ4v) is 4.15. The molecule has 0 bridgehead atoms. The number of furan rings is 1. The molecule has 0 aromatic carbocycles. The Morgan fingerprint density at radius 1 is 1.37 bits per heavy atom. The number of rotatable bonds is 7. The lowest BCUT2D eigenvalue weighted by Gasteiger charge is -2.33. The zero-order valence-electron chi connectivity index (χ0n) is 16.0. The number of nitrogens with zero attached hydrogens (tertiary/aromatic N) is 3. The smallest absolute Gasteiger partial charge is 0.228 e. The van der Waals surface area contributed by atoms with Gasteiger partial charge in [-0.05, 0) is 31.4 Å². The van der Waals surface area contributed by atoms with Crippen LogP contribution in [-0.4, -0.2) is 53.3 Å². The molecule has 1 fully saturated rings. The van der Waals surface area contributed by atoms with Crippen LogP contribution < -0.4 is 0 Å². The van der Waals surface area contributed by atoms with Crippen LogP contribution in [-0.2, 0) is 16.0 Å². The third-order valence-corrected chi connectivity index (χ3v) is 5.94. The highest BCUT2D eigenvalue weighted by atomic mass is 32.1. The van der Waals surface area contributed by atoms with Gasteiger partial charge in [0.15, 0.2) is 10.8 Å². The number of hydrogen-bond donors (Lipinski definition) is 0. The van der Waals surface area contributed by atoms with Gasteiger partial charge in [-0.15, -0.1) is 11.3 Å². The quantitative estimate of drug-likeness (QED) is 0.727. The minimum atomic E-state index is 0.0423. The van der Waals surface area contributed by atoms with Crippen molar-refractivity contribution >= 4 is 23.2 Å². The monoisotopic (exact) mass is 389 g/mol. The number of aromatic nitrogens is 1. The van der Waals surface area contributed by atoms with E-state index in [0.717, 1.165) is 48.7 Å². The number of likely N-dealkylation sites (tertiary alicyclic amines) is 1. The molecule has 3 heterocycles. The molecule has 1 aliphatic rings. The summed E-state index contributed by atoms with van der Waals surface area (Å²) in [4.78, 5) is 33.3. The van der Waals surface area contributed by atoms with Crippen LogP contribution in [0.5, 0.6) is 0 Å². The van der Waals surface area contributed by atoms with Gasteiger partial charge in [0.25, 0.3) is 0 Å². The first-order valence-corrected chi connectivity index (χ1v) is 10.5. The molecule has 0 aliphatic carbocycles. The zero-order valence-corrected chi connectivity index (χ0v) is 16.8. The van der Waals surface area contributed by atoms with Crippen molar-refractivity contribution in [1.29, 1.82) is 0 Å². The lowest BCUT2D eigenvalue weighted by atomic mass is 9.95. The van der Waals surface area contributed by atoms with Gasteiger partial charge in [0.1, 0.15) is 0 Å². The highest BCUT2D eigenvalue weighted by molar-refractivity contribution is 7.13. The standard InChI is InChI=1S/C20H27N3O3S/c1-3-4-9-22(2)20(25)15-7-10-23(11-8-15)18(24)13-16-14-27-19(21-16)17-6-5-12-26-17/h5-6,12,14-15H,3-4,7-11,13H2,1-2H3. The fourth-order valence-electron chi connectivity index (χ4n) is 3.36. The van der Waals surface area contributed by atoms with E-state index >= 15 is 0 Å². The number of amides is 2. The van der Waals surface area contributed by atoms with Crippen LogP contribution >= 0.6 is 11.3 Å². The maximum Gasteiger partial charge on any atom is 0.228 e. The number of piperidine rings is 1. The Kier molecular flexibility index (Phi) is 6.66. The van der Waals surface area contributed by atoms with E-state index in [1.54, 1.807) is 6.26 Å². The van der Waals surface area contributed by atoms with Gasteiger partial charge in [0.05, 0.1) is 18.4 Å². The van der Waals surface area contributed by atoms with Crippen LogP contribution in [0.15, 0.2) is 28.2 Å². The summed E-state index contributed by atoms with van der Waals surface area (Å²) in [5, 5.41) is 2.71. The van der Waals surface area contributed by atoms with Crippen molar-refractivity contribution in [1.82, 2.24) is 14.8 Å². The molecule has 0 spiro atoms. The summed E-state index contributed by atoms with van der Waals surface area (Å²) in [6, 6.07) is 3.69. The topological polar surface area (TPSA) is 66.7 Å². The van der Waals surface area contributed by atoms with Crippen LogP contribution in [0.2, 0.25) is 0 Å². The average Bonchev–Trinajstić information content (AvgIpc) is 3.37. The molecule has 7 heteroatoms. The molecule has 3 rings (SSSR count). The lowest BCUT2D eigenvalue weighted by molar-refractivity contribution is -0.139. The van der Waals surface area contributed by atoms with E-state index in [9.17, 15) is 9.59 Å². The summed E-state index contributed by atoms with van der Waals surface area (Å²) in [7, 11) is 1.88. The second-order valence-electron chi connectivity index (χ2n) is 7.07. The van der Waals surface area contributed by atoms with Gasteiger partial charge in [0, 0.05) is 38.0 Å². The number of unbranched alkanes of at least 4 members (excludes halogenated alkanes) is 1. The maximum absolute atomic E-state index is 12.6. The third kappa shape index (κ3) is 4.97. The molecule has 1 saturated heterocycles. The average molecular weight is 390 g/mol. The van der Waals surface area contributed by atoms with Crippen LogP contribution in [0.3, 0.4) is 0 Å². The summed E-state index contributed by atoms with van der Waals surface area (Å²) in [5.41, 5.74) is 0.772. The Morgan fingerprint density at radius 2 is 2.15 bits per heavy atom. The summed E-state index contributed by atoms with van der Waals surface area (Å²) < 4.78 is 5.35. The molecule has 0 atom stereocenters. The number of hydrogen-bond acceptors (Lipinski definition) is 5. The van der Waals surface area contributed by atoms with Gasteiger partial charge in [-0.2, -0.15) is 0 Å². The Labute approximate surface area is 164 Å². The summed E-state index contributed by atoms with van der Waals surface area (Å²) in [5.74, 6) is 1.07. The van der Waals surface area contributed by atoms with E-state index in [1.807, 2.05) is 34.4 Å². The molecule has 0 saturated carbocycles. The van der Waals surface area contributed by atoms with Crippen molar-refractivity contribution in [3.8, 4) is 10.8 Å². The molecule has 2 aromatic rings. The van der Waals surface area contributed by atoms with E-state index in [4.69, 9.17) is 4.42 Å². The molecule has 2 amide bonds. The molecular weight excluding hydrogens is 362 g/mol. The van der Waals surface area contributed by atoms with Crippen LogP contribution in [0, 0.1) is 5.92 Å². The highest BCUT2D eigenvalue weighted by Gasteiger charge is 2.29. The van der Waals surface area contributed by atoms with Crippen LogP contribution in [0.4, 0.5) is 0 Å². The Bertz CT molecular complexity index is 748. The minimum Gasteiger partial charge on any atom is -0.462 e. The molecule has 0 radical (unpaired) electrons. The van der Waals surface area contributed by atoms with E-state index in [1.165, 1.54) is 11.3 Å². The van der Waals surface area contributed by atoms with Gasteiger partial charge in [-0.1, -0.05) is 13.3 Å². The summed E-state index contributed by atoms with van der Waals surface area (Å²) >= 11 is 1.48. The van der Waals surface area contributed by atoms with Crippen molar-refractivity contribution in [2.24, 2.45) is 5.92 Å². The number of carbonyl (C=O) groups excluding carboxylic acids is 2. The van der Waals surface area contributed by atoms with Crippen molar-refractivity contribution in [2.45, 2.75) is 39.0 Å². The van der Waals surface area contributed by atoms with Crippen molar-refractivity contribution < 1.29 is 14.0 Å². The van der Waals surface area contributed by atoms with E-state index in [0.29, 0.717) is 19.5 Å². The maximum atomic E-state index is 12.6. The molecule has 27 heavy (non-hydrogen) atoms. The molecular formula is C20H27N3O3S. The normalized spacial score (nSPS) is 15.1. The molecule has 1 aliphatic heterocycles. The first-order valence-electron chi connectivity index (χ1n) is 9.59. The predicted molar refractivity (Wildman–Crippen MR) is 105 cm³/mol. The van der Waals surface area contributed by atoms with Crippen molar-refractivity contribution in [3.63, 3.8) is 0 Å². The van der Waals surface area contributed by atoms with E-state index in [2.05, 4.69) is 11.9 Å². The first-order chi connectivity index (χ1) is 13.1. The summed E-state index contributed by atoms with van der Waals surface area (Å²) in [6.07, 6.45) is 5.53. The van der Waals surface area contributed by atoms with Gasteiger partial charge in [-0.25, -0.2) is 4.98 Å². The molecule has 2 aromatic heterocycles. The first kappa shape index (κ1) is 19.6. The molecule has 6 nitrogen and oxygen atoms in total. The third-order valence-electron chi connectivity index (χ3n) is 5.04. The molecule has 0 N–H and O–H groups in total. The van der Waals surface area contributed by atoms with E-state index in [-0.39, 0.29) is 17.7 Å². The minimum absolute atomic E-state index is 0.0423. The Morgan fingerprint density at radius 3 is 2.81 bits per heavy atom. The second kappa shape index (κ2) is 9.17. The van der Waals surface area contributed by atoms with Gasteiger partial charge >= 0.3 is 0 Å². The number of thiazole rings is 1. The molecule has 0 unspecified atom stereocenters. The molecule has 146 valence electrons. The largest absolute Gasteiger partial charge is 0.462 e. The zero-order chi connectivity index (χ0) is 19.2.